The lowest BCUT2D eigenvalue weighted by Gasteiger charge is -2.17. The monoisotopic (exact) mass is 509 g/mol. The number of rotatable bonds is 8. The number of aromatic nitrogens is 2. The summed E-state index contributed by atoms with van der Waals surface area (Å²) in [4.78, 5) is 15.7. The first-order valence-electron chi connectivity index (χ1n) is 11.7. The average molecular weight is 510 g/mol. The summed E-state index contributed by atoms with van der Waals surface area (Å²) in [6.45, 7) is 5.79. The van der Waals surface area contributed by atoms with Crippen molar-refractivity contribution in [2.45, 2.75) is 39.5 Å². The van der Waals surface area contributed by atoms with E-state index in [1.807, 2.05) is 13.8 Å². The minimum absolute atomic E-state index is 0.0242. The van der Waals surface area contributed by atoms with E-state index in [2.05, 4.69) is 15.5 Å². The molecule has 0 aliphatic rings. The molecule has 9 heteroatoms. The van der Waals surface area contributed by atoms with Crippen molar-refractivity contribution >= 4 is 5.97 Å². The molecule has 1 atom stereocenters. The van der Waals surface area contributed by atoms with Gasteiger partial charge in [0.15, 0.2) is 0 Å². The molecule has 4 aromatic rings. The van der Waals surface area contributed by atoms with Gasteiger partial charge in [-0.2, -0.15) is 18.2 Å². The molecule has 0 radical (unpaired) electrons. The Bertz CT molecular complexity index is 1400. The van der Waals surface area contributed by atoms with Crippen LogP contribution in [0.25, 0.3) is 34.0 Å². The van der Waals surface area contributed by atoms with Gasteiger partial charge in [-0.05, 0) is 47.2 Å². The maximum Gasteiger partial charge on any atom is 0.417 e. The minimum Gasteiger partial charge on any atom is -0.480 e. The number of aliphatic carboxylic acids is 1. The third kappa shape index (κ3) is 5.89. The highest BCUT2D eigenvalue weighted by Gasteiger charge is 2.34. The van der Waals surface area contributed by atoms with Gasteiger partial charge in [-0.3, -0.25) is 4.79 Å². The van der Waals surface area contributed by atoms with Gasteiger partial charge < -0.3 is 14.9 Å². The molecule has 37 heavy (non-hydrogen) atoms. The second-order valence-electron chi connectivity index (χ2n) is 9.13. The Morgan fingerprint density at radius 2 is 1.68 bits per heavy atom. The van der Waals surface area contributed by atoms with Gasteiger partial charge in [0.25, 0.3) is 5.89 Å². The number of aryl methyl sites for hydroxylation is 1. The van der Waals surface area contributed by atoms with Crippen LogP contribution in [0, 0.1) is 12.8 Å². The number of carboxylic acid groups (broad SMARTS) is 1. The largest absolute Gasteiger partial charge is 0.480 e. The maximum atomic E-state index is 14.0. The highest BCUT2D eigenvalue weighted by Crippen LogP contribution is 2.40. The lowest BCUT2D eigenvalue weighted by Crippen LogP contribution is -2.40. The van der Waals surface area contributed by atoms with Crippen molar-refractivity contribution in [2.24, 2.45) is 5.92 Å². The van der Waals surface area contributed by atoms with Crippen molar-refractivity contribution in [3.05, 3.63) is 83.4 Å². The summed E-state index contributed by atoms with van der Waals surface area (Å²) in [7, 11) is 0. The fraction of sp³-hybridized carbons (Fsp3) is 0.250. The number of nitrogens with one attached hydrogen (secondary N) is 1. The van der Waals surface area contributed by atoms with E-state index >= 15 is 0 Å². The van der Waals surface area contributed by atoms with Crippen LogP contribution in [0.15, 0.2) is 71.3 Å². The minimum atomic E-state index is -4.57. The van der Waals surface area contributed by atoms with Gasteiger partial charge >= 0.3 is 12.1 Å². The molecule has 0 bridgehead atoms. The van der Waals surface area contributed by atoms with Gasteiger partial charge in [0, 0.05) is 17.7 Å². The van der Waals surface area contributed by atoms with E-state index in [4.69, 9.17) is 4.52 Å². The topological polar surface area (TPSA) is 88.2 Å². The van der Waals surface area contributed by atoms with Gasteiger partial charge in [0.1, 0.15) is 6.04 Å². The summed E-state index contributed by atoms with van der Waals surface area (Å²) in [5, 5.41) is 16.3. The smallest absolute Gasteiger partial charge is 0.417 e. The molecule has 1 heterocycles. The van der Waals surface area contributed by atoms with Crippen LogP contribution in [-0.2, 0) is 17.5 Å². The summed E-state index contributed by atoms with van der Waals surface area (Å²) in [6.07, 6.45) is -4.57. The zero-order valence-electron chi connectivity index (χ0n) is 20.5. The number of carbonyl (C=O) groups is 1. The summed E-state index contributed by atoms with van der Waals surface area (Å²) in [5.41, 5.74) is 2.19. The summed E-state index contributed by atoms with van der Waals surface area (Å²) >= 11 is 0. The van der Waals surface area contributed by atoms with Gasteiger partial charge in [-0.1, -0.05) is 73.6 Å². The molecule has 4 rings (SSSR count). The maximum absolute atomic E-state index is 14.0. The van der Waals surface area contributed by atoms with Crippen molar-refractivity contribution in [1.29, 1.82) is 0 Å². The SMILES string of the molecule is Cc1ccccc1-c1ccc(-c2nc(-c3ccc(CN[C@H](C(=O)O)C(C)C)cc3)no2)cc1C(F)(F)F. The van der Waals surface area contributed by atoms with E-state index in [9.17, 15) is 23.1 Å². The lowest BCUT2D eigenvalue weighted by molar-refractivity contribution is -0.140. The normalized spacial score (nSPS) is 12.6. The van der Waals surface area contributed by atoms with Crippen molar-refractivity contribution in [1.82, 2.24) is 15.5 Å². The van der Waals surface area contributed by atoms with Crippen LogP contribution in [0.1, 0.15) is 30.5 Å². The molecule has 0 saturated heterocycles. The van der Waals surface area contributed by atoms with Crippen molar-refractivity contribution in [2.75, 3.05) is 0 Å². The second-order valence-corrected chi connectivity index (χ2v) is 9.13. The van der Waals surface area contributed by atoms with Crippen LogP contribution in [0.5, 0.6) is 0 Å². The number of benzene rings is 3. The first-order chi connectivity index (χ1) is 17.5. The molecular weight excluding hydrogens is 483 g/mol. The van der Waals surface area contributed by atoms with E-state index in [1.54, 1.807) is 55.5 Å². The molecule has 0 saturated carbocycles. The zero-order valence-corrected chi connectivity index (χ0v) is 20.5. The van der Waals surface area contributed by atoms with Crippen LogP contribution < -0.4 is 5.32 Å². The molecular formula is C28H26F3N3O3. The fourth-order valence-electron chi connectivity index (χ4n) is 4.09. The number of hydrogen-bond donors (Lipinski definition) is 2. The molecule has 0 aliphatic carbocycles. The standard InChI is InChI=1S/C28H26F3N3O3/c1-16(2)24(27(35)36)32-15-18-8-10-19(11-9-18)25-33-26(37-34-25)20-12-13-22(23(14-20)28(29,30)31)21-7-5-4-6-17(21)3/h4-14,16,24,32H,15H2,1-3H3,(H,35,36)/t24-/m0/s1. The lowest BCUT2D eigenvalue weighted by atomic mass is 9.94. The molecule has 192 valence electrons. The Kier molecular flexibility index (Phi) is 7.45. The van der Waals surface area contributed by atoms with E-state index in [1.165, 1.54) is 12.1 Å². The zero-order chi connectivity index (χ0) is 26.7. The first-order valence-corrected chi connectivity index (χ1v) is 11.7. The van der Waals surface area contributed by atoms with Crippen LogP contribution in [0.4, 0.5) is 13.2 Å². The second kappa shape index (κ2) is 10.6. The van der Waals surface area contributed by atoms with Crippen molar-refractivity contribution < 1.29 is 27.6 Å². The number of carboxylic acids is 1. The number of nitrogens with zero attached hydrogens (tertiary/aromatic N) is 2. The molecule has 2 N–H and O–H groups in total. The molecule has 0 amide bonds. The Morgan fingerprint density at radius 3 is 2.30 bits per heavy atom. The Balaban J connectivity index is 1.57. The molecule has 1 aromatic heterocycles. The van der Waals surface area contributed by atoms with Gasteiger partial charge in [0.05, 0.1) is 5.56 Å². The molecule has 3 aromatic carbocycles. The quantitative estimate of drug-likeness (QED) is 0.278. The average Bonchev–Trinajstić information content (AvgIpc) is 3.34. The number of alkyl halides is 3. The Morgan fingerprint density at radius 1 is 1.00 bits per heavy atom. The molecule has 0 unspecified atom stereocenters. The highest BCUT2D eigenvalue weighted by atomic mass is 19.4. The Labute approximate surface area is 212 Å². The van der Waals surface area contributed by atoms with Crippen LogP contribution in [-0.4, -0.2) is 27.3 Å². The number of halogens is 3. The van der Waals surface area contributed by atoms with E-state index in [0.717, 1.165) is 17.2 Å². The third-order valence-electron chi connectivity index (χ3n) is 6.10. The first kappa shape index (κ1) is 26.1. The summed E-state index contributed by atoms with van der Waals surface area (Å²) in [5.74, 6) is -0.773. The van der Waals surface area contributed by atoms with Gasteiger partial charge in [0.2, 0.25) is 5.82 Å². The number of hydrogen-bond acceptors (Lipinski definition) is 5. The van der Waals surface area contributed by atoms with Crippen LogP contribution in [0.2, 0.25) is 0 Å². The van der Waals surface area contributed by atoms with Crippen molar-refractivity contribution in [3.8, 4) is 34.0 Å². The van der Waals surface area contributed by atoms with Crippen LogP contribution in [0.3, 0.4) is 0 Å². The Hall–Kier alpha value is -3.98. The highest BCUT2D eigenvalue weighted by molar-refractivity contribution is 5.75. The van der Waals surface area contributed by atoms with E-state index in [0.29, 0.717) is 17.7 Å². The molecule has 0 fully saturated rings. The van der Waals surface area contributed by atoms with Gasteiger partial charge in [-0.25, -0.2) is 0 Å². The predicted molar refractivity (Wildman–Crippen MR) is 133 cm³/mol. The molecule has 0 spiro atoms. The summed E-state index contributed by atoms with van der Waals surface area (Å²) in [6, 6.07) is 17.3. The third-order valence-corrected chi connectivity index (χ3v) is 6.10. The predicted octanol–water partition coefficient (Wildman–Crippen LogP) is 6.60. The van der Waals surface area contributed by atoms with E-state index in [-0.39, 0.29) is 28.8 Å². The summed E-state index contributed by atoms with van der Waals surface area (Å²) < 4.78 is 47.2. The van der Waals surface area contributed by atoms with E-state index < -0.39 is 23.8 Å². The fourth-order valence-corrected chi connectivity index (χ4v) is 4.09. The van der Waals surface area contributed by atoms with Crippen LogP contribution >= 0.6 is 0 Å². The van der Waals surface area contributed by atoms with Crippen molar-refractivity contribution in [3.63, 3.8) is 0 Å². The molecule has 0 aliphatic heterocycles. The van der Waals surface area contributed by atoms with Gasteiger partial charge in [-0.15, -0.1) is 0 Å². The molecule has 6 nitrogen and oxygen atoms in total.